The zero-order chi connectivity index (χ0) is 17.3. The van der Waals surface area contributed by atoms with E-state index in [1.54, 1.807) is 7.11 Å². The van der Waals surface area contributed by atoms with Crippen molar-refractivity contribution in [3.8, 4) is 0 Å². The molecule has 0 spiro atoms. The highest BCUT2D eigenvalue weighted by molar-refractivity contribution is 5.86. The molecule has 2 aromatic rings. The number of rotatable bonds is 6. The van der Waals surface area contributed by atoms with Crippen molar-refractivity contribution in [1.82, 2.24) is 9.47 Å². The van der Waals surface area contributed by atoms with Crippen LogP contribution in [-0.2, 0) is 28.5 Å². The summed E-state index contributed by atoms with van der Waals surface area (Å²) in [7, 11) is 8.22. The topological polar surface area (TPSA) is 26.6 Å². The van der Waals surface area contributed by atoms with E-state index in [1.807, 2.05) is 0 Å². The lowest BCUT2D eigenvalue weighted by Gasteiger charge is -2.42. The minimum Gasteiger partial charge on any atom is -0.385 e. The molecule has 1 aliphatic heterocycles. The fraction of sp³-hybridized carbons (Fsp3) is 0.600. The van der Waals surface area contributed by atoms with Gasteiger partial charge in [0.25, 0.3) is 0 Å². The van der Waals surface area contributed by atoms with Gasteiger partial charge in [-0.15, -0.1) is 0 Å². The van der Waals surface area contributed by atoms with E-state index in [9.17, 15) is 0 Å². The van der Waals surface area contributed by atoms with Crippen LogP contribution >= 0.6 is 0 Å². The lowest BCUT2D eigenvalue weighted by atomic mass is 9.79. The van der Waals surface area contributed by atoms with Gasteiger partial charge in [-0.05, 0) is 45.5 Å². The summed E-state index contributed by atoms with van der Waals surface area (Å²) in [5, 5.41) is 1.37. The smallest absolute Gasteiger partial charge is 0.110 e. The molecule has 24 heavy (non-hydrogen) atoms. The van der Waals surface area contributed by atoms with Crippen LogP contribution in [0, 0.1) is 5.92 Å². The van der Waals surface area contributed by atoms with Crippen LogP contribution in [0.4, 0.5) is 0 Å². The van der Waals surface area contributed by atoms with Crippen LogP contribution in [0.2, 0.25) is 0 Å². The van der Waals surface area contributed by atoms with E-state index in [1.165, 1.54) is 22.2 Å². The molecule has 3 rings (SSSR count). The third-order valence-corrected chi connectivity index (χ3v) is 5.47. The number of hydrogen-bond donors (Lipinski definition) is 0. The number of ether oxygens (including phenoxy) is 2. The Kier molecular flexibility index (Phi) is 5.00. The van der Waals surface area contributed by atoms with E-state index in [-0.39, 0.29) is 5.60 Å². The van der Waals surface area contributed by atoms with E-state index >= 15 is 0 Å². The lowest BCUT2D eigenvalue weighted by Crippen LogP contribution is -2.45. The summed E-state index contributed by atoms with van der Waals surface area (Å²) >= 11 is 0. The predicted octanol–water partition coefficient (Wildman–Crippen LogP) is 3.18. The molecule has 0 fully saturated rings. The molecule has 0 amide bonds. The van der Waals surface area contributed by atoms with Crippen molar-refractivity contribution in [2.24, 2.45) is 13.0 Å². The minimum absolute atomic E-state index is 0.288. The standard InChI is InChI=1S/C20H30N2O2/c1-20(15(10-12-23-5)14-21(2)3)19-17(11-13-24-20)16-8-6-7-9-18(16)22(19)4/h6-9,15H,10-14H2,1-5H3. The van der Waals surface area contributed by atoms with Crippen molar-refractivity contribution in [3.63, 3.8) is 0 Å². The summed E-state index contributed by atoms with van der Waals surface area (Å²) < 4.78 is 14.2. The molecule has 0 radical (unpaired) electrons. The molecule has 0 saturated carbocycles. The van der Waals surface area contributed by atoms with Crippen LogP contribution < -0.4 is 0 Å². The van der Waals surface area contributed by atoms with Gasteiger partial charge in [-0.2, -0.15) is 0 Å². The summed E-state index contributed by atoms with van der Waals surface area (Å²) in [5.74, 6) is 0.384. The summed E-state index contributed by atoms with van der Waals surface area (Å²) in [6, 6.07) is 8.71. The van der Waals surface area contributed by atoms with E-state index in [4.69, 9.17) is 9.47 Å². The van der Waals surface area contributed by atoms with Gasteiger partial charge in [0.1, 0.15) is 5.60 Å². The molecule has 2 heterocycles. The molecule has 1 aromatic carbocycles. The Labute approximate surface area is 145 Å². The van der Waals surface area contributed by atoms with Crippen molar-refractivity contribution >= 4 is 10.9 Å². The summed E-state index contributed by atoms with van der Waals surface area (Å²) in [4.78, 5) is 2.26. The number of nitrogens with zero attached hydrogens (tertiary/aromatic N) is 2. The summed E-state index contributed by atoms with van der Waals surface area (Å²) in [6.07, 6.45) is 1.98. The summed E-state index contributed by atoms with van der Waals surface area (Å²) in [6.45, 7) is 4.81. The first kappa shape index (κ1) is 17.5. The fourth-order valence-electron chi connectivity index (χ4n) is 4.34. The van der Waals surface area contributed by atoms with Gasteiger partial charge < -0.3 is 18.9 Å². The molecule has 1 aliphatic rings. The molecule has 0 bridgehead atoms. The van der Waals surface area contributed by atoms with Gasteiger partial charge >= 0.3 is 0 Å². The van der Waals surface area contributed by atoms with Gasteiger partial charge in [0.05, 0.1) is 12.3 Å². The van der Waals surface area contributed by atoms with Crippen molar-refractivity contribution < 1.29 is 9.47 Å². The SMILES string of the molecule is COCCC(CN(C)C)C1(C)OCCc2c1n(C)c1ccccc21. The number of aryl methyl sites for hydroxylation is 1. The monoisotopic (exact) mass is 330 g/mol. The quantitative estimate of drug-likeness (QED) is 0.814. The van der Waals surface area contributed by atoms with Crippen molar-refractivity contribution in [2.75, 3.05) is 41.0 Å². The number of aromatic nitrogens is 1. The first-order valence-electron chi connectivity index (χ1n) is 8.83. The van der Waals surface area contributed by atoms with Gasteiger partial charge in [0.15, 0.2) is 0 Å². The second-order valence-corrected chi connectivity index (χ2v) is 7.35. The van der Waals surface area contributed by atoms with Crippen LogP contribution in [0.5, 0.6) is 0 Å². The molecule has 0 saturated heterocycles. The van der Waals surface area contributed by atoms with E-state index < -0.39 is 0 Å². The fourth-order valence-corrected chi connectivity index (χ4v) is 4.34. The maximum Gasteiger partial charge on any atom is 0.110 e. The third-order valence-electron chi connectivity index (χ3n) is 5.47. The zero-order valence-corrected chi connectivity index (χ0v) is 15.6. The second kappa shape index (κ2) is 6.87. The van der Waals surface area contributed by atoms with E-state index in [0.717, 1.165) is 32.6 Å². The van der Waals surface area contributed by atoms with E-state index in [2.05, 4.69) is 61.8 Å². The number of fused-ring (bicyclic) bond motifs is 3. The third kappa shape index (κ3) is 2.87. The molecule has 4 heteroatoms. The largest absolute Gasteiger partial charge is 0.385 e. The van der Waals surface area contributed by atoms with Crippen LogP contribution in [0.1, 0.15) is 24.6 Å². The van der Waals surface area contributed by atoms with Gasteiger partial charge in [-0.3, -0.25) is 0 Å². The molecule has 1 aromatic heterocycles. The lowest BCUT2D eigenvalue weighted by molar-refractivity contribution is -0.104. The number of para-hydroxylation sites is 1. The Bertz CT molecular complexity index is 707. The van der Waals surface area contributed by atoms with Crippen LogP contribution in [-0.4, -0.2) is 50.4 Å². The van der Waals surface area contributed by atoms with E-state index in [0.29, 0.717) is 5.92 Å². The van der Waals surface area contributed by atoms with Gasteiger partial charge in [0.2, 0.25) is 0 Å². The normalized spacial score (nSPS) is 22.1. The molecule has 132 valence electrons. The molecule has 4 nitrogen and oxygen atoms in total. The van der Waals surface area contributed by atoms with Gasteiger partial charge in [-0.25, -0.2) is 0 Å². The Morgan fingerprint density at radius 1 is 1.33 bits per heavy atom. The highest BCUT2D eigenvalue weighted by Gasteiger charge is 2.43. The molecule has 0 aliphatic carbocycles. The van der Waals surface area contributed by atoms with Gasteiger partial charge in [0, 0.05) is 44.1 Å². The number of methoxy groups -OCH3 is 1. The van der Waals surface area contributed by atoms with Crippen molar-refractivity contribution in [2.45, 2.75) is 25.4 Å². The molecule has 0 N–H and O–H groups in total. The molecular weight excluding hydrogens is 300 g/mol. The highest BCUT2D eigenvalue weighted by Crippen LogP contribution is 2.44. The Morgan fingerprint density at radius 2 is 2.08 bits per heavy atom. The maximum atomic E-state index is 6.46. The molecule has 2 unspecified atom stereocenters. The van der Waals surface area contributed by atoms with Gasteiger partial charge in [-0.1, -0.05) is 18.2 Å². The molecular formula is C20H30N2O2. The zero-order valence-electron chi connectivity index (χ0n) is 15.6. The first-order valence-corrected chi connectivity index (χ1v) is 8.83. The highest BCUT2D eigenvalue weighted by atomic mass is 16.5. The number of hydrogen-bond acceptors (Lipinski definition) is 3. The van der Waals surface area contributed by atoms with Crippen molar-refractivity contribution in [1.29, 1.82) is 0 Å². The Hall–Kier alpha value is -1.36. The average molecular weight is 330 g/mol. The van der Waals surface area contributed by atoms with Crippen LogP contribution in [0.15, 0.2) is 24.3 Å². The minimum atomic E-state index is -0.288. The first-order chi connectivity index (χ1) is 11.5. The second-order valence-electron chi connectivity index (χ2n) is 7.35. The van der Waals surface area contributed by atoms with Crippen molar-refractivity contribution in [3.05, 3.63) is 35.5 Å². The average Bonchev–Trinajstić information content (AvgIpc) is 2.86. The Balaban J connectivity index is 2.11. The maximum absolute atomic E-state index is 6.46. The van der Waals surface area contributed by atoms with Crippen LogP contribution in [0.25, 0.3) is 10.9 Å². The number of benzene rings is 1. The summed E-state index contributed by atoms with van der Waals surface area (Å²) in [5.41, 5.74) is 3.82. The predicted molar refractivity (Wildman–Crippen MR) is 98.5 cm³/mol. The molecule has 2 atom stereocenters. The van der Waals surface area contributed by atoms with Crippen LogP contribution in [0.3, 0.4) is 0 Å². The Morgan fingerprint density at radius 3 is 2.79 bits per heavy atom.